The number of amides is 1. The highest BCUT2D eigenvalue weighted by atomic mass is 35.5. The topological polar surface area (TPSA) is 84.6 Å². The van der Waals surface area contributed by atoms with Gasteiger partial charge < -0.3 is 15.6 Å². The summed E-state index contributed by atoms with van der Waals surface area (Å²) in [4.78, 5) is 11.9. The predicted octanol–water partition coefficient (Wildman–Crippen LogP) is 3.78. The Hall–Kier alpha value is -1.30. The highest BCUT2D eigenvalue weighted by Gasteiger charge is 2.33. The number of carbonyl (C=O) groups is 1. The summed E-state index contributed by atoms with van der Waals surface area (Å²) in [7, 11) is 0. The van der Waals surface area contributed by atoms with Crippen LogP contribution in [0, 0.1) is 0 Å². The zero-order valence-electron chi connectivity index (χ0n) is 13.9. The van der Waals surface area contributed by atoms with E-state index in [1.54, 1.807) is 32.9 Å². The Morgan fingerprint density at radius 2 is 2.00 bits per heavy atom. The zero-order valence-corrected chi connectivity index (χ0v) is 14.6. The molecule has 5 nitrogen and oxygen atoms in total. The van der Waals surface area contributed by atoms with Crippen LogP contribution in [0.1, 0.15) is 52.0 Å². The number of hydrogen-bond donors (Lipinski definition) is 3. The summed E-state index contributed by atoms with van der Waals surface area (Å²) >= 11 is 6.17. The van der Waals surface area contributed by atoms with Gasteiger partial charge in [-0.25, -0.2) is 4.79 Å². The smallest absolute Gasteiger partial charge is 0.412 e. The summed E-state index contributed by atoms with van der Waals surface area (Å²) in [6.45, 7) is 5.40. The molecular weight excluding hydrogens is 316 g/mol. The molecule has 0 aromatic heterocycles. The SMILES string of the molecule is CC(C)(C)OC(=O)Nc1cc(C2(N)CCC(O)CC2)ccc1Cl. The molecule has 0 heterocycles. The number of halogens is 1. The molecule has 1 aromatic carbocycles. The van der Waals surface area contributed by atoms with Crippen molar-refractivity contribution in [3.05, 3.63) is 28.8 Å². The van der Waals surface area contributed by atoms with E-state index in [4.69, 9.17) is 22.1 Å². The van der Waals surface area contributed by atoms with Gasteiger partial charge in [-0.1, -0.05) is 17.7 Å². The van der Waals surface area contributed by atoms with Crippen LogP contribution in [0.3, 0.4) is 0 Å². The molecule has 1 saturated carbocycles. The van der Waals surface area contributed by atoms with Crippen molar-refractivity contribution in [3.8, 4) is 0 Å². The minimum atomic E-state index is -0.581. The lowest BCUT2D eigenvalue weighted by molar-refractivity contribution is 0.0636. The molecule has 1 aliphatic carbocycles. The van der Waals surface area contributed by atoms with Gasteiger partial charge in [-0.05, 0) is 64.2 Å². The normalized spacial score (nSPS) is 25.0. The highest BCUT2D eigenvalue weighted by molar-refractivity contribution is 6.33. The molecule has 0 saturated heterocycles. The van der Waals surface area contributed by atoms with E-state index in [0.717, 1.165) is 5.56 Å². The van der Waals surface area contributed by atoms with Gasteiger partial charge in [0.15, 0.2) is 0 Å². The highest BCUT2D eigenvalue weighted by Crippen LogP contribution is 2.37. The Morgan fingerprint density at radius 3 is 2.57 bits per heavy atom. The van der Waals surface area contributed by atoms with Crippen molar-refractivity contribution in [2.45, 2.75) is 63.7 Å². The molecular formula is C17H25ClN2O3. The first-order valence-corrected chi connectivity index (χ1v) is 8.24. The van der Waals surface area contributed by atoms with Crippen LogP contribution >= 0.6 is 11.6 Å². The van der Waals surface area contributed by atoms with Gasteiger partial charge in [0.2, 0.25) is 0 Å². The van der Waals surface area contributed by atoms with E-state index in [2.05, 4.69) is 5.32 Å². The van der Waals surface area contributed by atoms with Crippen LogP contribution in [0.15, 0.2) is 18.2 Å². The van der Waals surface area contributed by atoms with Crippen LogP contribution in [0.2, 0.25) is 5.02 Å². The number of nitrogens with two attached hydrogens (primary N) is 1. The van der Waals surface area contributed by atoms with E-state index in [9.17, 15) is 9.90 Å². The van der Waals surface area contributed by atoms with Crippen LogP contribution in [0.4, 0.5) is 10.5 Å². The average molecular weight is 341 g/mol. The number of carbonyl (C=O) groups excluding carboxylic acids is 1. The van der Waals surface area contributed by atoms with E-state index in [-0.39, 0.29) is 6.10 Å². The molecule has 128 valence electrons. The third-order valence-electron chi connectivity index (χ3n) is 4.02. The van der Waals surface area contributed by atoms with Gasteiger partial charge in [0.25, 0.3) is 0 Å². The molecule has 6 heteroatoms. The summed E-state index contributed by atoms with van der Waals surface area (Å²) < 4.78 is 5.25. The number of nitrogens with one attached hydrogen (secondary N) is 1. The van der Waals surface area contributed by atoms with Gasteiger partial charge in [-0.3, -0.25) is 5.32 Å². The Balaban J connectivity index is 2.17. The lowest BCUT2D eigenvalue weighted by Gasteiger charge is -2.36. The molecule has 1 aliphatic rings. The summed E-state index contributed by atoms with van der Waals surface area (Å²) in [6, 6.07) is 5.40. The van der Waals surface area contributed by atoms with Gasteiger partial charge >= 0.3 is 6.09 Å². The molecule has 4 N–H and O–H groups in total. The monoisotopic (exact) mass is 340 g/mol. The van der Waals surface area contributed by atoms with Crippen molar-refractivity contribution in [2.75, 3.05) is 5.32 Å². The Labute approximate surface area is 142 Å². The van der Waals surface area contributed by atoms with Gasteiger partial charge in [-0.2, -0.15) is 0 Å². The molecule has 0 aliphatic heterocycles. The second kappa shape index (κ2) is 6.67. The summed E-state index contributed by atoms with van der Waals surface area (Å²) in [6.07, 6.45) is 1.91. The Morgan fingerprint density at radius 1 is 1.39 bits per heavy atom. The van der Waals surface area contributed by atoms with Gasteiger partial charge in [-0.15, -0.1) is 0 Å². The molecule has 1 aromatic rings. The second-order valence-electron chi connectivity index (χ2n) is 7.21. The summed E-state index contributed by atoms with van der Waals surface area (Å²) in [5.74, 6) is 0. The third kappa shape index (κ3) is 4.83. The van der Waals surface area contributed by atoms with E-state index in [0.29, 0.717) is 36.4 Å². The molecule has 0 unspecified atom stereocenters. The first-order valence-electron chi connectivity index (χ1n) is 7.86. The number of rotatable bonds is 2. The van der Waals surface area contributed by atoms with Crippen molar-refractivity contribution in [3.63, 3.8) is 0 Å². The lowest BCUT2D eigenvalue weighted by atomic mass is 9.76. The second-order valence-corrected chi connectivity index (χ2v) is 7.62. The maximum Gasteiger partial charge on any atom is 0.412 e. The zero-order chi connectivity index (χ0) is 17.3. The lowest BCUT2D eigenvalue weighted by Crippen LogP contribution is -2.41. The van der Waals surface area contributed by atoms with E-state index < -0.39 is 17.2 Å². The number of hydrogen-bond acceptors (Lipinski definition) is 4. The standard InChI is InChI=1S/C17H25ClN2O3/c1-16(2,3)23-15(22)20-14-10-11(4-5-13(14)18)17(19)8-6-12(21)7-9-17/h4-5,10,12,21H,6-9,19H2,1-3H3,(H,20,22). The van der Waals surface area contributed by atoms with Crippen molar-refractivity contribution >= 4 is 23.4 Å². The Kier molecular flexibility index (Phi) is 5.23. The molecule has 1 amide bonds. The molecule has 0 radical (unpaired) electrons. The van der Waals surface area contributed by atoms with Crippen LogP contribution in [0.5, 0.6) is 0 Å². The van der Waals surface area contributed by atoms with Gasteiger partial charge in [0, 0.05) is 5.54 Å². The quantitative estimate of drug-likeness (QED) is 0.765. The largest absolute Gasteiger partial charge is 0.444 e. The maximum absolute atomic E-state index is 11.9. The molecule has 0 atom stereocenters. The van der Waals surface area contributed by atoms with E-state index in [1.165, 1.54) is 0 Å². The number of benzene rings is 1. The van der Waals surface area contributed by atoms with Crippen molar-refractivity contribution in [1.29, 1.82) is 0 Å². The predicted molar refractivity (Wildman–Crippen MR) is 91.6 cm³/mol. The van der Waals surface area contributed by atoms with Crippen LogP contribution in [-0.2, 0) is 10.3 Å². The summed E-state index contributed by atoms with van der Waals surface area (Å²) in [5.41, 5.74) is 6.79. The maximum atomic E-state index is 11.9. The number of anilines is 1. The fraction of sp³-hybridized carbons (Fsp3) is 0.588. The van der Waals surface area contributed by atoms with Crippen molar-refractivity contribution in [1.82, 2.24) is 0 Å². The molecule has 2 rings (SSSR count). The first-order chi connectivity index (χ1) is 10.6. The van der Waals surface area contributed by atoms with Crippen molar-refractivity contribution < 1.29 is 14.6 Å². The molecule has 1 fully saturated rings. The minimum absolute atomic E-state index is 0.279. The minimum Gasteiger partial charge on any atom is -0.444 e. The fourth-order valence-electron chi connectivity index (χ4n) is 2.75. The van der Waals surface area contributed by atoms with Gasteiger partial charge in [0.05, 0.1) is 16.8 Å². The third-order valence-corrected chi connectivity index (χ3v) is 4.35. The number of aliphatic hydroxyl groups excluding tert-OH is 1. The first kappa shape index (κ1) is 18.0. The van der Waals surface area contributed by atoms with E-state index in [1.807, 2.05) is 6.07 Å². The molecule has 0 spiro atoms. The average Bonchev–Trinajstić information content (AvgIpc) is 2.42. The number of ether oxygens (including phenoxy) is 1. The van der Waals surface area contributed by atoms with E-state index >= 15 is 0 Å². The molecule has 23 heavy (non-hydrogen) atoms. The van der Waals surface area contributed by atoms with Crippen LogP contribution in [-0.4, -0.2) is 22.9 Å². The number of aliphatic hydroxyl groups is 1. The van der Waals surface area contributed by atoms with Gasteiger partial charge in [0.1, 0.15) is 5.60 Å². The molecule has 0 bridgehead atoms. The van der Waals surface area contributed by atoms with Crippen LogP contribution in [0.25, 0.3) is 0 Å². The van der Waals surface area contributed by atoms with Crippen LogP contribution < -0.4 is 11.1 Å². The summed E-state index contributed by atoms with van der Waals surface area (Å²) in [5, 5.41) is 12.8. The Bertz CT molecular complexity index is 576. The van der Waals surface area contributed by atoms with Crippen molar-refractivity contribution in [2.24, 2.45) is 5.73 Å². The fourth-order valence-corrected chi connectivity index (χ4v) is 2.92.